The molecule has 4 aliphatic carbocycles. The van der Waals surface area contributed by atoms with Gasteiger partial charge in [0.2, 0.25) is 0 Å². The van der Waals surface area contributed by atoms with Gasteiger partial charge in [-0.25, -0.2) is 0 Å². The Morgan fingerprint density at radius 3 is 2.02 bits per heavy atom. The van der Waals surface area contributed by atoms with Gasteiger partial charge < -0.3 is 89.0 Å². The normalized spacial score (nSPS) is 58.9. The second-order valence-corrected chi connectivity index (χ2v) is 21.2. The van der Waals surface area contributed by atoms with Crippen LogP contribution >= 0.6 is 0 Å². The molecule has 18 nitrogen and oxygen atoms in total. The van der Waals surface area contributed by atoms with Gasteiger partial charge in [-0.3, -0.25) is 0 Å². The van der Waals surface area contributed by atoms with E-state index in [-0.39, 0.29) is 22.9 Å². The molecule has 4 saturated carbocycles. The van der Waals surface area contributed by atoms with Crippen LogP contribution in [-0.4, -0.2) is 188 Å². The summed E-state index contributed by atoms with van der Waals surface area (Å²) < 4.78 is 48.6. The maximum absolute atomic E-state index is 11.8. The smallest absolute Gasteiger partial charge is 0.187 e. The van der Waals surface area contributed by atoms with Crippen LogP contribution in [0.4, 0.5) is 0 Å². The second-order valence-electron chi connectivity index (χ2n) is 21.2. The van der Waals surface area contributed by atoms with E-state index in [9.17, 15) is 51.1 Å². The lowest BCUT2D eigenvalue weighted by Crippen LogP contribution is -2.66. The van der Waals surface area contributed by atoms with Gasteiger partial charge in [0.25, 0.3) is 0 Å². The summed E-state index contributed by atoms with van der Waals surface area (Å²) in [4.78, 5) is 0. The summed E-state index contributed by atoms with van der Waals surface area (Å²) in [7, 11) is 0. The van der Waals surface area contributed by atoms with E-state index in [0.717, 1.165) is 51.6 Å². The Labute approximate surface area is 362 Å². The predicted molar refractivity (Wildman–Crippen MR) is 211 cm³/mol. The lowest BCUT2D eigenvalue weighted by atomic mass is 9.44. The van der Waals surface area contributed by atoms with Gasteiger partial charge in [0, 0.05) is 12.3 Å². The van der Waals surface area contributed by atoms with Gasteiger partial charge in [-0.15, -0.1) is 0 Å². The third-order valence-electron chi connectivity index (χ3n) is 17.9. The molecule has 0 bridgehead atoms. The fraction of sp³-hybridized carbons (Fsp3) is 1.00. The average molecular weight is 889 g/mol. The first kappa shape index (κ1) is 46.4. The van der Waals surface area contributed by atoms with Gasteiger partial charge >= 0.3 is 0 Å². The van der Waals surface area contributed by atoms with Crippen molar-refractivity contribution in [3.8, 4) is 0 Å². The Hall–Kier alpha value is -0.720. The minimum Gasteiger partial charge on any atom is -0.394 e. The molecule has 10 N–H and O–H groups in total. The zero-order chi connectivity index (χ0) is 44.2. The van der Waals surface area contributed by atoms with Crippen molar-refractivity contribution in [1.82, 2.24) is 0 Å². The monoisotopic (exact) mass is 888 g/mol. The van der Waals surface area contributed by atoms with Gasteiger partial charge in [-0.1, -0.05) is 27.7 Å². The molecule has 5 heterocycles. The van der Waals surface area contributed by atoms with E-state index in [2.05, 4.69) is 27.7 Å². The molecule has 18 heteroatoms. The highest BCUT2D eigenvalue weighted by molar-refractivity contribution is 5.16. The topological polar surface area (TPSA) is 276 Å². The van der Waals surface area contributed by atoms with Crippen LogP contribution < -0.4 is 0 Å². The fourth-order valence-electron chi connectivity index (χ4n) is 14.4. The van der Waals surface area contributed by atoms with Gasteiger partial charge in [0.1, 0.15) is 67.1 Å². The predicted octanol–water partition coefficient (Wildman–Crippen LogP) is -1.12. The van der Waals surface area contributed by atoms with Crippen LogP contribution in [-0.2, 0) is 37.9 Å². The molecule has 0 aromatic rings. The van der Waals surface area contributed by atoms with Crippen molar-refractivity contribution >= 4 is 0 Å². The van der Waals surface area contributed by atoms with E-state index >= 15 is 0 Å². The Balaban J connectivity index is 0.846. The number of fused-ring (bicyclic) bond motifs is 7. The summed E-state index contributed by atoms with van der Waals surface area (Å²) in [6.45, 7) is 8.29. The summed E-state index contributed by atoms with van der Waals surface area (Å²) >= 11 is 0. The molecule has 0 amide bonds. The minimum absolute atomic E-state index is 0.130. The molecule has 0 radical (unpaired) electrons. The van der Waals surface area contributed by atoms with E-state index in [0.29, 0.717) is 48.3 Å². The van der Waals surface area contributed by atoms with Crippen LogP contribution in [0.1, 0.15) is 85.5 Å². The molecule has 0 unspecified atom stereocenters. The van der Waals surface area contributed by atoms with E-state index in [4.69, 9.17) is 37.9 Å². The maximum atomic E-state index is 11.8. The number of aliphatic hydroxyl groups is 10. The Kier molecular flexibility index (Phi) is 13.0. The fourth-order valence-corrected chi connectivity index (χ4v) is 14.4. The highest BCUT2D eigenvalue weighted by Gasteiger charge is 2.69. The van der Waals surface area contributed by atoms with E-state index in [1.54, 1.807) is 0 Å². The molecule has 5 aliphatic heterocycles. The molecular weight excluding hydrogens is 816 g/mol. The van der Waals surface area contributed by atoms with Crippen LogP contribution in [0.15, 0.2) is 0 Å². The Morgan fingerprint density at radius 2 is 1.31 bits per heavy atom. The number of ether oxygens (including phenoxy) is 8. The SMILES string of the molecule is C[C@@H]1CC[C@@]2(OC1)O[C@H]1C[C@H]3[C@@H]4CC[C@H]5C[C@@H](O[C@@H]6O[C@H](CO)[C@H](O[C@@H]7O[C@H](CO)[C@@H](O)[C@H](O)[C@H]7O[C@@H]7OC[C@@H](O)[C@H](O)[C@H]7O)[C@H](O)[C@H]6O)[C@H](O)C[C@]5(C)[C@H]4CC[C@]3(C)[C@H]1[C@@H]2C. The van der Waals surface area contributed by atoms with Crippen molar-refractivity contribution in [2.75, 3.05) is 26.4 Å². The standard InChI is InChI=1S/C44H72O18/c1-18-7-10-44(56-16-18)19(2)30-27(62-44)12-23-21-6-5-20-11-26(24(47)13-43(20,4)22(21)8-9-42(23,30)3)57-40-36(54)34(52)37(29(15-46)59-40)60-41-38(33(51)32(50)28(14-45)58-41)61-39-35(53)31(49)25(48)17-55-39/h18-41,45-54H,5-17H2,1-4H3/t18-,19+,20+,21-,22+,23+,24-,25-,26-,27+,28-,29-,30+,31+,32-,33+,34-,35-,36-,37+,38-,39+,40-,41+,42+,43+,44-/m1/s1. The van der Waals surface area contributed by atoms with Gasteiger partial charge in [-0.05, 0) is 97.7 Å². The van der Waals surface area contributed by atoms with E-state index in [1.807, 2.05) is 0 Å². The minimum atomic E-state index is -1.82. The number of hydrogen-bond acceptors (Lipinski definition) is 18. The summed E-state index contributed by atoms with van der Waals surface area (Å²) in [6, 6.07) is 0. The maximum Gasteiger partial charge on any atom is 0.187 e. The summed E-state index contributed by atoms with van der Waals surface area (Å²) in [5, 5.41) is 107. The van der Waals surface area contributed by atoms with Crippen LogP contribution in [0.5, 0.6) is 0 Å². The van der Waals surface area contributed by atoms with Crippen LogP contribution in [0.2, 0.25) is 0 Å². The van der Waals surface area contributed by atoms with Crippen LogP contribution in [0.25, 0.3) is 0 Å². The van der Waals surface area contributed by atoms with Gasteiger partial charge in [0.05, 0.1) is 44.7 Å². The highest BCUT2D eigenvalue weighted by Crippen LogP contribution is 2.71. The molecule has 0 aromatic heterocycles. The summed E-state index contributed by atoms with van der Waals surface area (Å²) in [5.74, 6) is 2.65. The first-order valence-corrected chi connectivity index (χ1v) is 23.3. The Morgan fingerprint density at radius 1 is 0.613 bits per heavy atom. The van der Waals surface area contributed by atoms with Crippen molar-refractivity contribution in [2.24, 2.45) is 52.3 Å². The van der Waals surface area contributed by atoms with Crippen molar-refractivity contribution in [2.45, 2.75) is 196 Å². The van der Waals surface area contributed by atoms with Gasteiger partial charge in [-0.2, -0.15) is 0 Å². The molecular formula is C44H72O18. The zero-order valence-electron chi connectivity index (χ0n) is 36.3. The largest absolute Gasteiger partial charge is 0.394 e. The molecule has 356 valence electrons. The molecule has 5 saturated heterocycles. The van der Waals surface area contributed by atoms with E-state index < -0.39 is 124 Å². The third-order valence-corrected chi connectivity index (χ3v) is 17.9. The van der Waals surface area contributed by atoms with Crippen molar-refractivity contribution in [1.29, 1.82) is 0 Å². The molecule has 9 aliphatic rings. The third kappa shape index (κ3) is 7.55. The number of hydrogen-bond donors (Lipinski definition) is 10. The van der Waals surface area contributed by atoms with Crippen molar-refractivity contribution in [3.05, 3.63) is 0 Å². The molecule has 9 rings (SSSR count). The first-order valence-electron chi connectivity index (χ1n) is 23.3. The first-order chi connectivity index (χ1) is 29.4. The van der Waals surface area contributed by atoms with Crippen LogP contribution in [0, 0.1) is 52.3 Å². The average Bonchev–Trinajstić information content (AvgIpc) is 3.69. The molecule has 62 heavy (non-hydrogen) atoms. The number of aliphatic hydroxyl groups excluding tert-OH is 10. The Bertz CT molecular complexity index is 1550. The summed E-state index contributed by atoms with van der Waals surface area (Å²) in [5.41, 5.74) is 0.0395. The molecule has 0 aromatic carbocycles. The van der Waals surface area contributed by atoms with Crippen molar-refractivity contribution in [3.63, 3.8) is 0 Å². The highest BCUT2D eigenvalue weighted by atomic mass is 16.8. The molecule has 27 atom stereocenters. The zero-order valence-corrected chi connectivity index (χ0v) is 36.3. The second kappa shape index (κ2) is 17.4. The lowest BCUT2D eigenvalue weighted by molar-refractivity contribution is -0.386. The molecule has 9 fully saturated rings. The quantitative estimate of drug-likeness (QED) is 0.129. The van der Waals surface area contributed by atoms with Crippen LogP contribution in [0.3, 0.4) is 0 Å². The number of rotatable bonds is 8. The lowest BCUT2D eigenvalue weighted by Gasteiger charge is -2.62. The van der Waals surface area contributed by atoms with Gasteiger partial charge in [0.15, 0.2) is 24.7 Å². The van der Waals surface area contributed by atoms with Crippen molar-refractivity contribution < 1.29 is 89.0 Å². The van der Waals surface area contributed by atoms with E-state index in [1.165, 1.54) is 0 Å². The molecule has 1 spiro atoms. The summed E-state index contributed by atoms with van der Waals surface area (Å²) in [6.07, 6.45) is -15.7.